The average molecular weight is 387 g/mol. The van der Waals surface area contributed by atoms with Crippen LogP contribution in [-0.2, 0) is 27.3 Å². The number of carbonyl (C=O) groups excluding carboxylic acids is 2. The zero-order chi connectivity index (χ0) is 20.4. The Labute approximate surface area is 164 Å². The lowest BCUT2D eigenvalue weighted by molar-refractivity contribution is -0.148. The SMILES string of the molecule is COc1cc(CNC(=O)COC(=O)CCc2ccccc2)cc(OC)c1OC. The molecule has 0 bridgehead atoms. The fraction of sp³-hybridized carbons (Fsp3) is 0.333. The number of esters is 1. The number of carbonyl (C=O) groups is 2. The van der Waals surface area contributed by atoms with Crippen LogP contribution in [0.3, 0.4) is 0 Å². The van der Waals surface area contributed by atoms with Crippen LogP contribution in [0.25, 0.3) is 0 Å². The quantitative estimate of drug-likeness (QED) is 0.631. The molecular formula is C21H25NO6. The third-order valence-electron chi connectivity index (χ3n) is 4.04. The number of nitrogens with one attached hydrogen (secondary N) is 1. The van der Waals surface area contributed by atoms with Gasteiger partial charge in [-0.3, -0.25) is 9.59 Å². The summed E-state index contributed by atoms with van der Waals surface area (Å²) in [6, 6.07) is 13.1. The molecule has 2 rings (SSSR count). The van der Waals surface area contributed by atoms with Gasteiger partial charge >= 0.3 is 5.97 Å². The van der Waals surface area contributed by atoms with Crippen LogP contribution in [0.1, 0.15) is 17.5 Å². The van der Waals surface area contributed by atoms with Gasteiger partial charge in [-0.15, -0.1) is 0 Å². The summed E-state index contributed by atoms with van der Waals surface area (Å²) in [6.45, 7) is -0.0881. The van der Waals surface area contributed by atoms with Crippen LogP contribution in [0.5, 0.6) is 17.2 Å². The van der Waals surface area contributed by atoms with E-state index in [4.69, 9.17) is 18.9 Å². The van der Waals surface area contributed by atoms with Crippen LogP contribution in [-0.4, -0.2) is 39.8 Å². The first-order valence-electron chi connectivity index (χ1n) is 8.82. The van der Waals surface area contributed by atoms with Crippen molar-refractivity contribution < 1.29 is 28.5 Å². The first kappa shape index (κ1) is 21.1. The molecule has 1 amide bonds. The Balaban J connectivity index is 1.79. The number of ether oxygens (including phenoxy) is 4. The molecule has 0 aliphatic carbocycles. The Morgan fingerprint density at radius 3 is 2.11 bits per heavy atom. The minimum Gasteiger partial charge on any atom is -0.493 e. The van der Waals surface area contributed by atoms with Gasteiger partial charge in [0.2, 0.25) is 5.75 Å². The van der Waals surface area contributed by atoms with Crippen molar-refractivity contribution in [2.24, 2.45) is 0 Å². The van der Waals surface area contributed by atoms with E-state index in [1.165, 1.54) is 21.3 Å². The minimum absolute atomic E-state index is 0.226. The smallest absolute Gasteiger partial charge is 0.306 e. The summed E-state index contributed by atoms with van der Waals surface area (Å²) >= 11 is 0. The van der Waals surface area contributed by atoms with E-state index in [1.807, 2.05) is 30.3 Å². The first-order valence-corrected chi connectivity index (χ1v) is 8.82. The number of hydrogen-bond acceptors (Lipinski definition) is 6. The molecule has 2 aromatic carbocycles. The lowest BCUT2D eigenvalue weighted by Crippen LogP contribution is -2.28. The summed E-state index contributed by atoms with van der Waals surface area (Å²) in [5.74, 6) is 0.679. The Hall–Kier alpha value is -3.22. The Morgan fingerprint density at radius 1 is 0.893 bits per heavy atom. The van der Waals surface area contributed by atoms with Gasteiger partial charge in [-0.1, -0.05) is 30.3 Å². The molecule has 0 aromatic heterocycles. The molecule has 0 heterocycles. The summed E-state index contributed by atoms with van der Waals surface area (Å²) in [4.78, 5) is 23.7. The molecular weight excluding hydrogens is 362 g/mol. The molecule has 0 unspecified atom stereocenters. The summed E-state index contributed by atoms with van der Waals surface area (Å²) in [5.41, 5.74) is 1.81. The highest BCUT2D eigenvalue weighted by molar-refractivity contribution is 5.80. The number of amides is 1. The van der Waals surface area contributed by atoms with Crippen LogP contribution in [0.4, 0.5) is 0 Å². The highest BCUT2D eigenvalue weighted by atomic mass is 16.5. The van der Waals surface area contributed by atoms with E-state index in [9.17, 15) is 9.59 Å². The molecule has 0 spiro atoms. The molecule has 28 heavy (non-hydrogen) atoms. The van der Waals surface area contributed by atoms with Crippen LogP contribution >= 0.6 is 0 Å². The van der Waals surface area contributed by atoms with E-state index in [1.54, 1.807) is 12.1 Å². The third-order valence-corrected chi connectivity index (χ3v) is 4.04. The van der Waals surface area contributed by atoms with E-state index >= 15 is 0 Å². The zero-order valence-electron chi connectivity index (χ0n) is 16.3. The van der Waals surface area contributed by atoms with E-state index in [-0.39, 0.29) is 25.5 Å². The molecule has 0 saturated carbocycles. The molecule has 7 heteroatoms. The zero-order valence-corrected chi connectivity index (χ0v) is 16.3. The van der Waals surface area contributed by atoms with Gasteiger partial charge in [0.05, 0.1) is 21.3 Å². The van der Waals surface area contributed by atoms with Crippen LogP contribution in [0.2, 0.25) is 0 Å². The van der Waals surface area contributed by atoms with E-state index in [0.29, 0.717) is 23.7 Å². The molecule has 0 fully saturated rings. The van der Waals surface area contributed by atoms with Gasteiger partial charge < -0.3 is 24.3 Å². The molecule has 2 aromatic rings. The number of hydrogen-bond donors (Lipinski definition) is 1. The highest BCUT2D eigenvalue weighted by Crippen LogP contribution is 2.38. The largest absolute Gasteiger partial charge is 0.493 e. The van der Waals surface area contributed by atoms with Crippen molar-refractivity contribution in [1.82, 2.24) is 5.32 Å². The maximum atomic E-state index is 12.0. The van der Waals surface area contributed by atoms with Gasteiger partial charge in [-0.05, 0) is 29.7 Å². The van der Waals surface area contributed by atoms with Gasteiger partial charge in [-0.2, -0.15) is 0 Å². The maximum Gasteiger partial charge on any atom is 0.306 e. The molecule has 0 saturated heterocycles. The lowest BCUT2D eigenvalue weighted by Gasteiger charge is -2.14. The van der Waals surface area contributed by atoms with Gasteiger partial charge in [0.15, 0.2) is 18.1 Å². The lowest BCUT2D eigenvalue weighted by atomic mass is 10.1. The summed E-state index contributed by atoms with van der Waals surface area (Å²) in [6.07, 6.45) is 0.802. The monoisotopic (exact) mass is 387 g/mol. The maximum absolute atomic E-state index is 12.0. The van der Waals surface area contributed by atoms with Crippen molar-refractivity contribution in [3.8, 4) is 17.2 Å². The van der Waals surface area contributed by atoms with Gasteiger partial charge in [-0.25, -0.2) is 0 Å². The van der Waals surface area contributed by atoms with Crippen molar-refractivity contribution in [3.05, 3.63) is 53.6 Å². The Kier molecular flexibility index (Phi) is 8.14. The van der Waals surface area contributed by atoms with Crippen molar-refractivity contribution in [2.45, 2.75) is 19.4 Å². The number of benzene rings is 2. The first-order chi connectivity index (χ1) is 13.6. The van der Waals surface area contributed by atoms with Crippen LogP contribution < -0.4 is 19.5 Å². The third kappa shape index (κ3) is 6.19. The van der Waals surface area contributed by atoms with Crippen LogP contribution in [0, 0.1) is 0 Å². The Morgan fingerprint density at radius 2 is 1.54 bits per heavy atom. The molecule has 0 aliphatic heterocycles. The van der Waals surface area contributed by atoms with E-state index < -0.39 is 5.97 Å². The second kappa shape index (κ2) is 10.8. The highest BCUT2D eigenvalue weighted by Gasteiger charge is 2.14. The predicted octanol–water partition coefficient (Wildman–Crippen LogP) is 2.50. The number of methoxy groups -OCH3 is 3. The fourth-order valence-corrected chi connectivity index (χ4v) is 2.60. The topological polar surface area (TPSA) is 83.1 Å². The average Bonchev–Trinajstić information content (AvgIpc) is 2.74. The molecule has 1 N–H and O–H groups in total. The summed E-state index contributed by atoms with van der Waals surface area (Å²) in [5, 5.41) is 2.70. The van der Waals surface area contributed by atoms with Crippen molar-refractivity contribution in [3.63, 3.8) is 0 Å². The van der Waals surface area contributed by atoms with E-state index in [2.05, 4.69) is 5.32 Å². The normalized spacial score (nSPS) is 10.1. The Bertz CT molecular complexity index is 766. The number of rotatable bonds is 10. The molecule has 150 valence electrons. The standard InChI is InChI=1S/C21H25NO6/c1-25-17-11-16(12-18(26-2)21(17)27-3)13-22-19(23)14-28-20(24)10-9-15-7-5-4-6-8-15/h4-8,11-12H,9-10,13-14H2,1-3H3,(H,22,23). The van der Waals surface area contributed by atoms with Crippen LogP contribution in [0.15, 0.2) is 42.5 Å². The van der Waals surface area contributed by atoms with Gasteiger partial charge in [0.1, 0.15) is 0 Å². The molecule has 0 aliphatic rings. The van der Waals surface area contributed by atoms with Crippen molar-refractivity contribution in [1.29, 1.82) is 0 Å². The number of aryl methyl sites for hydroxylation is 1. The molecule has 0 radical (unpaired) electrons. The fourth-order valence-electron chi connectivity index (χ4n) is 2.60. The molecule has 7 nitrogen and oxygen atoms in total. The van der Waals surface area contributed by atoms with Gasteiger partial charge in [0.25, 0.3) is 5.91 Å². The van der Waals surface area contributed by atoms with Crippen molar-refractivity contribution in [2.75, 3.05) is 27.9 Å². The molecule has 0 atom stereocenters. The minimum atomic E-state index is -0.410. The van der Waals surface area contributed by atoms with Crippen molar-refractivity contribution >= 4 is 11.9 Å². The summed E-state index contributed by atoms with van der Waals surface area (Å²) < 4.78 is 20.8. The summed E-state index contributed by atoms with van der Waals surface area (Å²) in [7, 11) is 4.57. The van der Waals surface area contributed by atoms with Gasteiger partial charge in [0, 0.05) is 13.0 Å². The second-order valence-corrected chi connectivity index (χ2v) is 5.96. The predicted molar refractivity (Wildman–Crippen MR) is 104 cm³/mol. The second-order valence-electron chi connectivity index (χ2n) is 5.96. The van der Waals surface area contributed by atoms with E-state index in [0.717, 1.165) is 11.1 Å².